The SMILES string of the molecule is CCCCCc1nc2c(C)cccn2c1N. The molecule has 0 aliphatic carbocycles. The van der Waals surface area contributed by atoms with Gasteiger partial charge in [0, 0.05) is 6.20 Å². The van der Waals surface area contributed by atoms with E-state index in [1.807, 2.05) is 16.7 Å². The van der Waals surface area contributed by atoms with Crippen LogP contribution in [0.1, 0.15) is 37.4 Å². The molecule has 0 bridgehead atoms. The van der Waals surface area contributed by atoms with Crippen molar-refractivity contribution in [2.75, 3.05) is 5.73 Å². The van der Waals surface area contributed by atoms with Gasteiger partial charge in [-0.15, -0.1) is 0 Å². The molecule has 0 saturated heterocycles. The summed E-state index contributed by atoms with van der Waals surface area (Å²) in [6.45, 7) is 4.27. The average molecular weight is 217 g/mol. The third kappa shape index (κ3) is 1.90. The molecular formula is C13H19N3. The fraction of sp³-hybridized carbons (Fsp3) is 0.462. The van der Waals surface area contributed by atoms with Crippen LogP contribution in [0.3, 0.4) is 0 Å². The van der Waals surface area contributed by atoms with E-state index in [9.17, 15) is 0 Å². The van der Waals surface area contributed by atoms with Crippen LogP contribution in [-0.2, 0) is 6.42 Å². The lowest BCUT2D eigenvalue weighted by Crippen LogP contribution is -1.96. The van der Waals surface area contributed by atoms with Crippen LogP contribution in [0.25, 0.3) is 5.65 Å². The largest absolute Gasteiger partial charge is 0.383 e. The van der Waals surface area contributed by atoms with Gasteiger partial charge in [-0.1, -0.05) is 25.8 Å². The highest BCUT2D eigenvalue weighted by atomic mass is 15.1. The lowest BCUT2D eigenvalue weighted by atomic mass is 10.1. The van der Waals surface area contributed by atoms with E-state index in [1.165, 1.54) is 24.8 Å². The van der Waals surface area contributed by atoms with Crippen molar-refractivity contribution in [2.45, 2.75) is 39.5 Å². The summed E-state index contributed by atoms with van der Waals surface area (Å²) in [7, 11) is 0. The van der Waals surface area contributed by atoms with Crippen molar-refractivity contribution in [3.05, 3.63) is 29.6 Å². The van der Waals surface area contributed by atoms with Crippen LogP contribution in [0.2, 0.25) is 0 Å². The molecule has 2 N–H and O–H groups in total. The molecule has 0 spiro atoms. The molecule has 0 unspecified atom stereocenters. The number of nitrogen functional groups attached to an aromatic ring is 1. The van der Waals surface area contributed by atoms with Crippen molar-refractivity contribution in [1.29, 1.82) is 0 Å². The number of aryl methyl sites for hydroxylation is 2. The zero-order chi connectivity index (χ0) is 11.5. The summed E-state index contributed by atoms with van der Waals surface area (Å²) in [5.74, 6) is 0.801. The van der Waals surface area contributed by atoms with Gasteiger partial charge in [-0.2, -0.15) is 0 Å². The molecule has 0 radical (unpaired) electrons. The molecule has 0 atom stereocenters. The predicted molar refractivity (Wildman–Crippen MR) is 67.6 cm³/mol. The van der Waals surface area contributed by atoms with Crippen LogP contribution < -0.4 is 5.73 Å². The molecule has 86 valence electrons. The minimum absolute atomic E-state index is 0.801. The lowest BCUT2D eigenvalue weighted by molar-refractivity contribution is 0.711. The first-order chi connectivity index (χ1) is 7.74. The van der Waals surface area contributed by atoms with Crippen molar-refractivity contribution in [1.82, 2.24) is 9.38 Å². The minimum Gasteiger partial charge on any atom is -0.383 e. The van der Waals surface area contributed by atoms with Crippen molar-refractivity contribution in [3.63, 3.8) is 0 Å². The van der Waals surface area contributed by atoms with E-state index in [1.54, 1.807) is 0 Å². The van der Waals surface area contributed by atoms with Gasteiger partial charge in [0.2, 0.25) is 0 Å². The smallest absolute Gasteiger partial charge is 0.141 e. The Labute approximate surface area is 96.3 Å². The topological polar surface area (TPSA) is 43.3 Å². The summed E-state index contributed by atoms with van der Waals surface area (Å²) in [5, 5.41) is 0. The fourth-order valence-electron chi connectivity index (χ4n) is 2.00. The number of fused-ring (bicyclic) bond motifs is 1. The minimum atomic E-state index is 0.801. The van der Waals surface area contributed by atoms with Crippen LogP contribution in [0.5, 0.6) is 0 Å². The second-order valence-corrected chi connectivity index (χ2v) is 4.29. The van der Waals surface area contributed by atoms with Crippen LogP contribution in [0, 0.1) is 6.92 Å². The highest BCUT2D eigenvalue weighted by Crippen LogP contribution is 2.19. The number of nitrogens with two attached hydrogens (primary N) is 1. The van der Waals surface area contributed by atoms with E-state index in [4.69, 9.17) is 5.73 Å². The van der Waals surface area contributed by atoms with E-state index in [-0.39, 0.29) is 0 Å². The molecule has 2 aromatic heterocycles. The average Bonchev–Trinajstić information content (AvgIpc) is 2.59. The van der Waals surface area contributed by atoms with Gasteiger partial charge in [0.15, 0.2) is 0 Å². The normalized spacial score (nSPS) is 11.1. The summed E-state index contributed by atoms with van der Waals surface area (Å²) in [4.78, 5) is 4.62. The predicted octanol–water partition coefficient (Wildman–Crippen LogP) is 2.96. The van der Waals surface area contributed by atoms with Crippen molar-refractivity contribution >= 4 is 11.5 Å². The number of nitrogens with zero attached hydrogens (tertiary/aromatic N) is 2. The van der Waals surface area contributed by atoms with Crippen LogP contribution in [0.4, 0.5) is 5.82 Å². The third-order valence-electron chi connectivity index (χ3n) is 2.98. The number of unbranched alkanes of at least 4 members (excludes halogenated alkanes) is 2. The number of imidazole rings is 1. The Morgan fingerprint density at radius 2 is 2.19 bits per heavy atom. The van der Waals surface area contributed by atoms with Gasteiger partial charge in [0.1, 0.15) is 11.5 Å². The Kier molecular flexibility index (Phi) is 3.13. The molecule has 0 saturated carbocycles. The maximum Gasteiger partial charge on any atom is 0.141 e. The summed E-state index contributed by atoms with van der Waals surface area (Å²) in [5.41, 5.74) is 9.30. The molecule has 0 aliphatic heterocycles. The van der Waals surface area contributed by atoms with E-state index < -0.39 is 0 Å². The van der Waals surface area contributed by atoms with E-state index in [0.717, 1.165) is 23.6 Å². The standard InChI is InChI=1S/C13H19N3/c1-3-4-5-8-11-12(14)16-9-6-7-10(2)13(16)15-11/h6-7,9H,3-5,8,14H2,1-2H3. The summed E-state index contributed by atoms with van der Waals surface area (Å²) >= 11 is 0. The van der Waals surface area contributed by atoms with E-state index in [2.05, 4.69) is 24.9 Å². The van der Waals surface area contributed by atoms with Crippen LogP contribution in [0.15, 0.2) is 18.3 Å². The molecule has 0 aliphatic rings. The van der Waals surface area contributed by atoms with E-state index >= 15 is 0 Å². The summed E-state index contributed by atoms with van der Waals surface area (Å²) < 4.78 is 1.98. The van der Waals surface area contributed by atoms with Gasteiger partial charge in [0.25, 0.3) is 0 Å². The summed E-state index contributed by atoms with van der Waals surface area (Å²) in [6, 6.07) is 4.08. The first kappa shape index (κ1) is 11.0. The monoisotopic (exact) mass is 217 g/mol. The van der Waals surface area contributed by atoms with Gasteiger partial charge in [-0.25, -0.2) is 4.98 Å². The number of hydrogen-bond acceptors (Lipinski definition) is 2. The number of aromatic nitrogens is 2. The second kappa shape index (κ2) is 4.56. The molecule has 0 aromatic carbocycles. The Balaban J connectivity index is 2.33. The maximum atomic E-state index is 6.09. The molecule has 3 nitrogen and oxygen atoms in total. The maximum absolute atomic E-state index is 6.09. The molecule has 3 heteroatoms. The summed E-state index contributed by atoms with van der Waals surface area (Å²) in [6.07, 6.45) is 6.61. The fourth-order valence-corrected chi connectivity index (χ4v) is 2.00. The van der Waals surface area contributed by atoms with Gasteiger partial charge in [0.05, 0.1) is 5.69 Å². The van der Waals surface area contributed by atoms with Crippen LogP contribution >= 0.6 is 0 Å². The van der Waals surface area contributed by atoms with Gasteiger partial charge < -0.3 is 5.73 Å². The molecule has 2 aromatic rings. The lowest BCUT2D eigenvalue weighted by Gasteiger charge is -1.98. The van der Waals surface area contributed by atoms with Crippen molar-refractivity contribution in [2.24, 2.45) is 0 Å². The molecule has 2 heterocycles. The van der Waals surface area contributed by atoms with Gasteiger partial charge in [-0.3, -0.25) is 4.40 Å². The molecule has 0 fully saturated rings. The number of hydrogen-bond donors (Lipinski definition) is 1. The van der Waals surface area contributed by atoms with Gasteiger partial charge in [-0.05, 0) is 31.4 Å². The highest BCUT2D eigenvalue weighted by molar-refractivity contribution is 5.56. The van der Waals surface area contributed by atoms with Crippen molar-refractivity contribution < 1.29 is 0 Å². The van der Waals surface area contributed by atoms with E-state index in [0.29, 0.717) is 0 Å². The third-order valence-corrected chi connectivity index (χ3v) is 2.98. The first-order valence-electron chi connectivity index (χ1n) is 5.96. The zero-order valence-corrected chi connectivity index (χ0v) is 10.0. The zero-order valence-electron chi connectivity index (χ0n) is 10.0. The number of anilines is 1. The van der Waals surface area contributed by atoms with Crippen LogP contribution in [-0.4, -0.2) is 9.38 Å². The highest BCUT2D eigenvalue weighted by Gasteiger charge is 2.09. The number of rotatable bonds is 4. The Morgan fingerprint density at radius 3 is 2.88 bits per heavy atom. The molecule has 2 rings (SSSR count). The molecule has 0 amide bonds. The number of pyridine rings is 1. The molecule has 16 heavy (non-hydrogen) atoms. The quantitative estimate of drug-likeness (QED) is 0.800. The first-order valence-corrected chi connectivity index (χ1v) is 5.96. The Bertz CT molecular complexity index is 485. The molecular weight excluding hydrogens is 198 g/mol. The second-order valence-electron chi connectivity index (χ2n) is 4.29. The Morgan fingerprint density at radius 1 is 1.38 bits per heavy atom. The van der Waals surface area contributed by atoms with Gasteiger partial charge >= 0.3 is 0 Å². The van der Waals surface area contributed by atoms with Crippen molar-refractivity contribution in [3.8, 4) is 0 Å². The Hall–Kier alpha value is -1.51.